The second kappa shape index (κ2) is 4.98. The van der Waals surface area contributed by atoms with Crippen molar-refractivity contribution in [3.05, 3.63) is 65.1 Å². The van der Waals surface area contributed by atoms with Gasteiger partial charge in [0.15, 0.2) is 5.65 Å². The van der Waals surface area contributed by atoms with Crippen LogP contribution in [0.15, 0.2) is 42.7 Å². The molecule has 8 heteroatoms. The van der Waals surface area contributed by atoms with E-state index < -0.39 is 5.97 Å². The first-order valence-corrected chi connectivity index (χ1v) is 7.08. The molecule has 118 valence electrons. The average Bonchev–Trinajstić information content (AvgIpc) is 3.12. The molecule has 3 aromatic rings. The van der Waals surface area contributed by atoms with E-state index in [1.807, 2.05) is 0 Å². The Hall–Kier alpha value is -3.55. The second-order valence-electron chi connectivity index (χ2n) is 5.28. The van der Waals surface area contributed by atoms with E-state index in [9.17, 15) is 14.4 Å². The molecular weight excluding hydrogens is 312 g/mol. The van der Waals surface area contributed by atoms with Crippen LogP contribution in [0.4, 0.5) is 0 Å². The highest BCUT2D eigenvalue weighted by atomic mass is 16.4. The molecule has 1 N–H and O–H groups in total. The Labute approximate surface area is 135 Å². The second-order valence-corrected chi connectivity index (χ2v) is 5.28. The zero-order valence-electron chi connectivity index (χ0n) is 12.2. The summed E-state index contributed by atoms with van der Waals surface area (Å²) in [6.07, 6.45) is 2.62. The van der Waals surface area contributed by atoms with Crippen molar-refractivity contribution in [2.24, 2.45) is 0 Å². The van der Waals surface area contributed by atoms with Gasteiger partial charge in [0, 0.05) is 6.20 Å². The number of rotatable bonds is 3. The lowest BCUT2D eigenvalue weighted by atomic mass is 10.1. The fourth-order valence-corrected chi connectivity index (χ4v) is 2.76. The Morgan fingerprint density at radius 1 is 1.08 bits per heavy atom. The Bertz CT molecular complexity index is 989. The first-order valence-electron chi connectivity index (χ1n) is 7.08. The quantitative estimate of drug-likeness (QED) is 0.727. The molecule has 24 heavy (non-hydrogen) atoms. The zero-order valence-corrected chi connectivity index (χ0v) is 12.2. The number of benzene rings is 1. The van der Waals surface area contributed by atoms with Gasteiger partial charge >= 0.3 is 5.97 Å². The van der Waals surface area contributed by atoms with Gasteiger partial charge in [-0.05, 0) is 18.2 Å². The third-order valence-electron chi connectivity index (χ3n) is 3.91. The summed E-state index contributed by atoms with van der Waals surface area (Å²) in [6, 6.07) is 8.20. The number of carbonyl (C=O) groups excluding carboxylic acids is 2. The van der Waals surface area contributed by atoms with Crippen molar-refractivity contribution in [1.82, 2.24) is 19.5 Å². The number of aromatic carboxylic acids is 1. The minimum absolute atomic E-state index is 0.0217. The van der Waals surface area contributed by atoms with Crippen LogP contribution in [0.25, 0.3) is 5.65 Å². The van der Waals surface area contributed by atoms with Gasteiger partial charge in [-0.1, -0.05) is 12.1 Å². The van der Waals surface area contributed by atoms with E-state index in [0.717, 1.165) is 4.90 Å². The van der Waals surface area contributed by atoms with Gasteiger partial charge in [0.25, 0.3) is 11.8 Å². The van der Waals surface area contributed by atoms with Crippen molar-refractivity contribution in [2.45, 2.75) is 6.54 Å². The van der Waals surface area contributed by atoms with Crippen LogP contribution in [0, 0.1) is 0 Å². The molecule has 1 aliphatic rings. The molecule has 0 radical (unpaired) electrons. The first kappa shape index (κ1) is 14.1. The summed E-state index contributed by atoms with van der Waals surface area (Å²) in [6.45, 7) is -0.0217. The van der Waals surface area contributed by atoms with Crippen LogP contribution in [0.2, 0.25) is 0 Å². The van der Waals surface area contributed by atoms with Crippen LogP contribution in [0.3, 0.4) is 0 Å². The normalized spacial score (nSPS) is 13.6. The number of aromatic nitrogens is 3. The van der Waals surface area contributed by atoms with Crippen molar-refractivity contribution in [1.29, 1.82) is 0 Å². The SMILES string of the molecule is O=C(O)c1cnn2c(CN3C(=O)c4ccccc4C3=O)ccnc12. The molecule has 0 atom stereocenters. The highest BCUT2D eigenvalue weighted by Gasteiger charge is 2.35. The fraction of sp³-hybridized carbons (Fsp3) is 0.0625. The highest BCUT2D eigenvalue weighted by molar-refractivity contribution is 6.21. The molecule has 0 unspecified atom stereocenters. The largest absolute Gasteiger partial charge is 0.477 e. The molecule has 0 saturated carbocycles. The van der Waals surface area contributed by atoms with Crippen molar-refractivity contribution in [3.8, 4) is 0 Å². The number of imide groups is 1. The van der Waals surface area contributed by atoms with Crippen molar-refractivity contribution in [3.63, 3.8) is 0 Å². The molecule has 0 spiro atoms. The van der Waals surface area contributed by atoms with Gasteiger partial charge in [-0.15, -0.1) is 0 Å². The third kappa shape index (κ3) is 1.89. The van der Waals surface area contributed by atoms with Crippen molar-refractivity contribution >= 4 is 23.4 Å². The molecule has 0 fully saturated rings. The Kier molecular flexibility index (Phi) is 2.92. The summed E-state index contributed by atoms with van der Waals surface area (Å²) in [5.41, 5.74) is 1.33. The lowest BCUT2D eigenvalue weighted by molar-refractivity contribution is 0.0636. The molecule has 0 bridgehead atoms. The van der Waals surface area contributed by atoms with E-state index in [2.05, 4.69) is 10.1 Å². The number of carboxylic acid groups (broad SMARTS) is 1. The minimum atomic E-state index is -1.14. The van der Waals surface area contributed by atoms with Gasteiger partial charge in [-0.25, -0.2) is 14.3 Å². The van der Waals surface area contributed by atoms with Crippen LogP contribution in [-0.2, 0) is 6.54 Å². The number of hydrogen-bond acceptors (Lipinski definition) is 5. The van der Waals surface area contributed by atoms with Crippen molar-refractivity contribution in [2.75, 3.05) is 0 Å². The molecule has 0 saturated heterocycles. The number of nitrogens with zero attached hydrogens (tertiary/aromatic N) is 4. The molecule has 0 aliphatic carbocycles. The first-order chi connectivity index (χ1) is 11.6. The molecule has 1 aliphatic heterocycles. The van der Waals surface area contributed by atoms with Crippen LogP contribution in [0.5, 0.6) is 0 Å². The standard InChI is InChI=1S/C16H10N4O4/c21-14-10-3-1-2-4-11(10)15(22)19(14)8-9-5-6-17-13-12(16(23)24)7-18-20(9)13/h1-7H,8H2,(H,23,24). The molecule has 8 nitrogen and oxygen atoms in total. The Morgan fingerprint density at radius 2 is 1.75 bits per heavy atom. The van der Waals surface area contributed by atoms with E-state index in [0.29, 0.717) is 16.8 Å². The number of amides is 2. The lowest BCUT2D eigenvalue weighted by Gasteiger charge is -2.14. The van der Waals surface area contributed by atoms with Gasteiger partial charge < -0.3 is 5.11 Å². The number of fused-ring (bicyclic) bond motifs is 2. The highest BCUT2D eigenvalue weighted by Crippen LogP contribution is 2.24. The van der Waals surface area contributed by atoms with Crippen LogP contribution in [0.1, 0.15) is 36.8 Å². The summed E-state index contributed by atoms with van der Waals surface area (Å²) < 4.78 is 1.33. The smallest absolute Gasteiger partial charge is 0.341 e. The number of hydrogen-bond donors (Lipinski definition) is 1. The lowest BCUT2D eigenvalue weighted by Crippen LogP contribution is -2.30. The van der Waals surface area contributed by atoms with E-state index in [1.54, 1.807) is 30.3 Å². The molecule has 2 aromatic heterocycles. The summed E-state index contributed by atoms with van der Waals surface area (Å²) >= 11 is 0. The fourth-order valence-electron chi connectivity index (χ4n) is 2.76. The van der Waals surface area contributed by atoms with Gasteiger partial charge in [-0.3, -0.25) is 14.5 Å². The van der Waals surface area contributed by atoms with Crippen LogP contribution in [-0.4, -0.2) is 42.4 Å². The molecular formula is C16H10N4O4. The molecule has 1 aromatic carbocycles. The van der Waals surface area contributed by atoms with E-state index in [1.165, 1.54) is 16.9 Å². The minimum Gasteiger partial charge on any atom is -0.477 e. The van der Waals surface area contributed by atoms with Gasteiger partial charge in [0.2, 0.25) is 0 Å². The maximum Gasteiger partial charge on any atom is 0.341 e. The van der Waals surface area contributed by atoms with Gasteiger partial charge in [-0.2, -0.15) is 5.10 Å². The topological polar surface area (TPSA) is 105 Å². The van der Waals surface area contributed by atoms with Crippen molar-refractivity contribution < 1.29 is 19.5 Å². The van der Waals surface area contributed by atoms with E-state index >= 15 is 0 Å². The monoisotopic (exact) mass is 322 g/mol. The zero-order chi connectivity index (χ0) is 16.8. The van der Waals surface area contributed by atoms with E-state index in [4.69, 9.17) is 5.11 Å². The molecule has 2 amide bonds. The maximum absolute atomic E-state index is 12.4. The summed E-state index contributed by atoms with van der Waals surface area (Å²) in [5.74, 6) is -1.91. The van der Waals surface area contributed by atoms with Crippen LogP contribution < -0.4 is 0 Å². The molecule has 4 rings (SSSR count). The number of carbonyl (C=O) groups is 3. The Morgan fingerprint density at radius 3 is 2.38 bits per heavy atom. The third-order valence-corrected chi connectivity index (χ3v) is 3.91. The summed E-state index contributed by atoms with van der Waals surface area (Å²) in [5, 5.41) is 13.1. The maximum atomic E-state index is 12.4. The summed E-state index contributed by atoms with van der Waals surface area (Å²) in [4.78, 5) is 41.1. The van der Waals surface area contributed by atoms with Gasteiger partial charge in [0.05, 0.1) is 29.6 Å². The summed E-state index contributed by atoms with van der Waals surface area (Å²) in [7, 11) is 0. The Balaban J connectivity index is 1.75. The molecule has 3 heterocycles. The number of carboxylic acids is 1. The predicted molar refractivity (Wildman–Crippen MR) is 80.6 cm³/mol. The van der Waals surface area contributed by atoms with Crippen LogP contribution >= 0.6 is 0 Å². The van der Waals surface area contributed by atoms with Gasteiger partial charge in [0.1, 0.15) is 5.56 Å². The average molecular weight is 322 g/mol. The van der Waals surface area contributed by atoms with E-state index in [-0.39, 0.29) is 29.6 Å². The predicted octanol–water partition coefficient (Wildman–Crippen LogP) is 1.22.